The predicted octanol–water partition coefficient (Wildman–Crippen LogP) is 1.89. The van der Waals surface area contributed by atoms with Crippen LogP contribution in [0.25, 0.3) is 0 Å². The maximum atomic E-state index is 11.1. The standard InChI is InChI=1S/C18H17N3O2S/c22-17(23)13-21(12-15-9-5-2-6-10-15)18-19-16(20-24-18)11-14-7-3-1-4-8-14/h1-10H,11-13H2,(H,22,23)/p-1. The van der Waals surface area contributed by atoms with Crippen molar-refractivity contribution in [3.63, 3.8) is 0 Å². The molecule has 122 valence electrons. The Kier molecular flexibility index (Phi) is 5.18. The minimum absolute atomic E-state index is 0.213. The van der Waals surface area contributed by atoms with E-state index in [0.717, 1.165) is 11.1 Å². The molecule has 0 aliphatic carbocycles. The smallest absolute Gasteiger partial charge is 0.205 e. The molecule has 0 spiro atoms. The summed E-state index contributed by atoms with van der Waals surface area (Å²) in [6, 6.07) is 19.6. The van der Waals surface area contributed by atoms with Crippen LogP contribution in [0.5, 0.6) is 0 Å². The van der Waals surface area contributed by atoms with Gasteiger partial charge >= 0.3 is 0 Å². The van der Waals surface area contributed by atoms with Crippen LogP contribution in [-0.2, 0) is 17.8 Å². The van der Waals surface area contributed by atoms with Crippen molar-refractivity contribution in [1.29, 1.82) is 0 Å². The summed E-state index contributed by atoms with van der Waals surface area (Å²) in [6.07, 6.45) is 0.627. The van der Waals surface area contributed by atoms with Crippen molar-refractivity contribution in [2.24, 2.45) is 0 Å². The summed E-state index contributed by atoms with van der Waals surface area (Å²) in [5.74, 6) is -0.441. The van der Waals surface area contributed by atoms with Crippen LogP contribution in [0.15, 0.2) is 60.7 Å². The summed E-state index contributed by atoms with van der Waals surface area (Å²) >= 11 is 1.21. The Labute approximate surface area is 144 Å². The predicted molar refractivity (Wildman–Crippen MR) is 91.7 cm³/mol. The molecule has 0 atom stereocenters. The van der Waals surface area contributed by atoms with Gasteiger partial charge in [-0.15, -0.1) is 0 Å². The molecule has 0 aliphatic heterocycles. The third-order valence-electron chi connectivity index (χ3n) is 3.47. The third kappa shape index (κ3) is 4.39. The molecular formula is C18H16N3O2S-. The lowest BCUT2D eigenvalue weighted by atomic mass is 10.1. The van der Waals surface area contributed by atoms with Gasteiger partial charge in [0.15, 0.2) is 0 Å². The lowest BCUT2D eigenvalue weighted by Crippen LogP contribution is -2.37. The maximum Gasteiger partial charge on any atom is 0.205 e. The molecular weight excluding hydrogens is 322 g/mol. The van der Waals surface area contributed by atoms with Crippen LogP contribution in [0.4, 0.5) is 5.13 Å². The van der Waals surface area contributed by atoms with Gasteiger partial charge in [0.25, 0.3) is 0 Å². The van der Waals surface area contributed by atoms with Gasteiger partial charge in [0, 0.05) is 24.5 Å². The zero-order valence-corrected chi connectivity index (χ0v) is 13.8. The molecule has 0 bridgehead atoms. The molecule has 0 fully saturated rings. The van der Waals surface area contributed by atoms with Crippen molar-refractivity contribution < 1.29 is 9.90 Å². The van der Waals surface area contributed by atoms with E-state index in [9.17, 15) is 9.90 Å². The van der Waals surface area contributed by atoms with Crippen LogP contribution < -0.4 is 10.0 Å². The van der Waals surface area contributed by atoms with Crippen molar-refractivity contribution in [3.05, 3.63) is 77.6 Å². The Balaban J connectivity index is 1.76. The highest BCUT2D eigenvalue weighted by Crippen LogP contribution is 2.21. The number of carbonyl (C=O) groups excluding carboxylic acids is 1. The minimum Gasteiger partial charge on any atom is -0.548 e. The van der Waals surface area contributed by atoms with E-state index in [-0.39, 0.29) is 6.54 Å². The van der Waals surface area contributed by atoms with Gasteiger partial charge in [0.05, 0.1) is 12.5 Å². The average Bonchev–Trinajstić information content (AvgIpc) is 3.04. The topological polar surface area (TPSA) is 69.2 Å². The first-order valence-electron chi connectivity index (χ1n) is 7.56. The normalized spacial score (nSPS) is 10.5. The second-order valence-corrected chi connectivity index (χ2v) is 6.10. The molecule has 3 aromatic rings. The van der Waals surface area contributed by atoms with E-state index in [1.807, 2.05) is 60.7 Å². The van der Waals surface area contributed by atoms with Crippen LogP contribution in [0.2, 0.25) is 0 Å². The largest absolute Gasteiger partial charge is 0.548 e. The van der Waals surface area contributed by atoms with Gasteiger partial charge in [-0.2, -0.15) is 4.37 Å². The van der Waals surface area contributed by atoms with E-state index in [1.165, 1.54) is 11.5 Å². The molecule has 1 aromatic heterocycles. The summed E-state index contributed by atoms with van der Waals surface area (Å²) in [7, 11) is 0. The molecule has 0 aliphatic rings. The number of hydrogen-bond donors (Lipinski definition) is 0. The Hall–Kier alpha value is -2.73. The van der Waals surface area contributed by atoms with Crippen LogP contribution in [0, 0.1) is 0 Å². The number of carboxylic acid groups (broad SMARTS) is 1. The Morgan fingerprint density at radius 1 is 1.00 bits per heavy atom. The number of anilines is 1. The molecule has 0 amide bonds. The number of nitrogens with zero attached hydrogens (tertiary/aromatic N) is 3. The van der Waals surface area contributed by atoms with Gasteiger partial charge in [-0.25, -0.2) is 4.98 Å². The average molecular weight is 338 g/mol. The fourth-order valence-electron chi connectivity index (χ4n) is 2.37. The molecule has 0 saturated carbocycles. The number of carboxylic acids is 1. The van der Waals surface area contributed by atoms with Gasteiger partial charge in [0.1, 0.15) is 5.82 Å². The summed E-state index contributed by atoms with van der Waals surface area (Å²) in [4.78, 5) is 17.2. The van der Waals surface area contributed by atoms with E-state index in [0.29, 0.717) is 23.9 Å². The van der Waals surface area contributed by atoms with E-state index in [2.05, 4.69) is 9.36 Å². The molecule has 0 unspecified atom stereocenters. The van der Waals surface area contributed by atoms with Crippen LogP contribution in [-0.4, -0.2) is 21.9 Å². The molecule has 2 aromatic carbocycles. The van der Waals surface area contributed by atoms with Gasteiger partial charge in [-0.05, 0) is 11.1 Å². The summed E-state index contributed by atoms with van der Waals surface area (Å²) < 4.78 is 4.36. The molecule has 5 nitrogen and oxygen atoms in total. The fraction of sp³-hybridized carbons (Fsp3) is 0.167. The molecule has 6 heteroatoms. The zero-order valence-electron chi connectivity index (χ0n) is 13.0. The highest BCUT2D eigenvalue weighted by molar-refractivity contribution is 7.09. The number of carbonyl (C=O) groups is 1. The highest BCUT2D eigenvalue weighted by Gasteiger charge is 2.14. The summed E-state index contributed by atoms with van der Waals surface area (Å²) in [5, 5.41) is 11.7. The highest BCUT2D eigenvalue weighted by atomic mass is 32.1. The first-order chi connectivity index (χ1) is 11.7. The SMILES string of the molecule is O=C([O-])CN(Cc1ccccc1)c1nc(Cc2ccccc2)ns1. The fourth-order valence-corrected chi connectivity index (χ4v) is 3.06. The molecule has 24 heavy (non-hydrogen) atoms. The minimum atomic E-state index is -1.13. The van der Waals surface area contributed by atoms with E-state index < -0.39 is 5.97 Å². The zero-order chi connectivity index (χ0) is 16.8. The molecule has 0 radical (unpaired) electrons. The molecule has 3 rings (SSSR count). The van der Waals surface area contributed by atoms with Gasteiger partial charge in [0.2, 0.25) is 5.13 Å². The van der Waals surface area contributed by atoms with Crippen LogP contribution >= 0.6 is 11.5 Å². The third-order valence-corrected chi connectivity index (χ3v) is 4.28. The lowest BCUT2D eigenvalue weighted by molar-refractivity contribution is -0.303. The first kappa shape index (κ1) is 16.1. The van der Waals surface area contributed by atoms with Crippen molar-refractivity contribution in [3.8, 4) is 0 Å². The van der Waals surface area contributed by atoms with Crippen LogP contribution in [0.3, 0.4) is 0 Å². The van der Waals surface area contributed by atoms with Gasteiger partial charge < -0.3 is 14.8 Å². The van der Waals surface area contributed by atoms with Crippen molar-refractivity contribution >= 4 is 22.6 Å². The van der Waals surface area contributed by atoms with E-state index in [1.54, 1.807) is 4.90 Å². The van der Waals surface area contributed by atoms with Crippen LogP contribution in [0.1, 0.15) is 17.0 Å². The molecule has 0 saturated heterocycles. The monoisotopic (exact) mass is 338 g/mol. The van der Waals surface area contributed by atoms with E-state index >= 15 is 0 Å². The van der Waals surface area contributed by atoms with Crippen molar-refractivity contribution in [2.75, 3.05) is 11.4 Å². The van der Waals surface area contributed by atoms with Gasteiger partial charge in [-0.3, -0.25) is 0 Å². The van der Waals surface area contributed by atoms with Crippen molar-refractivity contribution in [1.82, 2.24) is 9.36 Å². The maximum absolute atomic E-state index is 11.1. The van der Waals surface area contributed by atoms with E-state index in [4.69, 9.17) is 0 Å². The Morgan fingerprint density at radius 2 is 1.62 bits per heavy atom. The van der Waals surface area contributed by atoms with Gasteiger partial charge in [-0.1, -0.05) is 60.7 Å². The number of aromatic nitrogens is 2. The Bertz CT molecular complexity index is 790. The molecule has 0 N–H and O–H groups in total. The number of benzene rings is 2. The first-order valence-corrected chi connectivity index (χ1v) is 8.33. The summed E-state index contributed by atoms with van der Waals surface area (Å²) in [5.41, 5.74) is 2.13. The van der Waals surface area contributed by atoms with Crippen molar-refractivity contribution in [2.45, 2.75) is 13.0 Å². The Morgan fingerprint density at radius 3 is 2.25 bits per heavy atom. The quantitative estimate of drug-likeness (QED) is 0.658. The second kappa shape index (κ2) is 7.70. The number of aliphatic carboxylic acids is 1. The molecule has 1 heterocycles. The number of rotatable bonds is 7. The summed E-state index contributed by atoms with van der Waals surface area (Å²) in [6.45, 7) is 0.240. The lowest BCUT2D eigenvalue weighted by Gasteiger charge is -2.21. The number of hydrogen-bond acceptors (Lipinski definition) is 6. The second-order valence-electron chi connectivity index (χ2n) is 5.37.